The molecule has 1 aromatic heterocycles. The summed E-state index contributed by atoms with van der Waals surface area (Å²) in [6.07, 6.45) is 4.20. The third-order valence-corrected chi connectivity index (χ3v) is 4.64. The Balaban J connectivity index is 1.60. The van der Waals surface area contributed by atoms with Gasteiger partial charge in [-0.2, -0.15) is 0 Å². The van der Waals surface area contributed by atoms with E-state index >= 15 is 0 Å². The van der Waals surface area contributed by atoms with E-state index in [1.54, 1.807) is 7.11 Å². The van der Waals surface area contributed by atoms with Crippen LogP contribution in [0.15, 0.2) is 18.2 Å². The molecule has 2 amide bonds. The molecule has 3 rings (SSSR count). The van der Waals surface area contributed by atoms with Gasteiger partial charge in [0.05, 0.1) is 17.6 Å². The second kappa shape index (κ2) is 7.66. The number of nitrogens with zero attached hydrogens (tertiary/aromatic N) is 2. The number of imidazole rings is 1. The maximum absolute atomic E-state index is 12.5. The molecule has 130 valence electrons. The van der Waals surface area contributed by atoms with Gasteiger partial charge in [-0.15, -0.1) is 0 Å². The molecule has 0 aliphatic carbocycles. The molecule has 6 nitrogen and oxygen atoms in total. The Morgan fingerprint density at radius 3 is 3.17 bits per heavy atom. The molecule has 1 aliphatic heterocycles. The predicted molar refractivity (Wildman–Crippen MR) is 93.9 cm³/mol. The topological polar surface area (TPSA) is 70.2 Å². The molecule has 1 saturated heterocycles. The summed E-state index contributed by atoms with van der Waals surface area (Å²) in [5, 5.41) is 3.00. The van der Waals surface area contributed by atoms with Crippen LogP contribution in [-0.2, 0) is 11.3 Å². The van der Waals surface area contributed by atoms with Crippen LogP contribution in [0.1, 0.15) is 37.1 Å². The van der Waals surface area contributed by atoms with Crippen LogP contribution in [0.2, 0.25) is 0 Å². The number of urea groups is 1. The van der Waals surface area contributed by atoms with E-state index in [1.807, 2.05) is 17.0 Å². The summed E-state index contributed by atoms with van der Waals surface area (Å²) in [5.74, 6) is 0.786. The third-order valence-electron chi connectivity index (χ3n) is 4.64. The van der Waals surface area contributed by atoms with Crippen LogP contribution in [0.3, 0.4) is 0 Å². The Morgan fingerprint density at radius 2 is 2.33 bits per heavy atom. The van der Waals surface area contributed by atoms with Crippen molar-refractivity contribution in [3.63, 3.8) is 0 Å². The molecule has 24 heavy (non-hydrogen) atoms. The molecule has 0 bridgehead atoms. The zero-order valence-electron chi connectivity index (χ0n) is 14.5. The first-order valence-corrected chi connectivity index (χ1v) is 8.66. The highest BCUT2D eigenvalue weighted by Gasteiger charge is 2.26. The Labute approximate surface area is 142 Å². The number of nitrogens with one attached hydrogen (secondary N) is 2. The van der Waals surface area contributed by atoms with Gasteiger partial charge in [0.2, 0.25) is 0 Å². The van der Waals surface area contributed by atoms with Gasteiger partial charge in [0.1, 0.15) is 5.82 Å². The normalized spacial score (nSPS) is 18.1. The van der Waals surface area contributed by atoms with Gasteiger partial charge >= 0.3 is 6.03 Å². The predicted octanol–water partition coefficient (Wildman–Crippen LogP) is 2.97. The van der Waals surface area contributed by atoms with Gasteiger partial charge in [0.25, 0.3) is 0 Å². The van der Waals surface area contributed by atoms with Crippen LogP contribution in [0.25, 0.3) is 11.0 Å². The summed E-state index contributed by atoms with van der Waals surface area (Å²) in [5.41, 5.74) is 3.13. The summed E-state index contributed by atoms with van der Waals surface area (Å²) in [6.45, 7) is 3.98. The van der Waals surface area contributed by atoms with Gasteiger partial charge in [-0.1, -0.05) is 6.07 Å². The number of methoxy groups -OCH3 is 1. The lowest BCUT2D eigenvalue weighted by Crippen LogP contribution is -2.48. The summed E-state index contributed by atoms with van der Waals surface area (Å²) in [4.78, 5) is 22.3. The van der Waals surface area contributed by atoms with E-state index in [9.17, 15) is 4.79 Å². The molecular weight excluding hydrogens is 304 g/mol. The zero-order valence-corrected chi connectivity index (χ0v) is 14.5. The number of hydrogen-bond acceptors (Lipinski definition) is 3. The molecule has 0 radical (unpaired) electrons. The van der Waals surface area contributed by atoms with Crippen LogP contribution in [0.5, 0.6) is 0 Å². The fourth-order valence-corrected chi connectivity index (χ4v) is 3.34. The highest BCUT2D eigenvalue weighted by Crippen LogP contribution is 2.20. The van der Waals surface area contributed by atoms with E-state index in [-0.39, 0.29) is 12.1 Å². The van der Waals surface area contributed by atoms with E-state index in [4.69, 9.17) is 4.74 Å². The lowest BCUT2D eigenvalue weighted by atomic mass is 10.0. The maximum Gasteiger partial charge on any atom is 0.318 e. The number of H-pyrrole nitrogens is 1. The molecule has 0 saturated carbocycles. The highest BCUT2D eigenvalue weighted by atomic mass is 16.5. The van der Waals surface area contributed by atoms with Crippen molar-refractivity contribution >= 4 is 17.1 Å². The van der Waals surface area contributed by atoms with Crippen molar-refractivity contribution in [3.8, 4) is 0 Å². The number of fused-ring (bicyclic) bond motifs is 1. The lowest BCUT2D eigenvalue weighted by Gasteiger charge is -2.35. The molecule has 1 aromatic carbocycles. The minimum absolute atomic E-state index is 0.00700. The molecule has 2 heterocycles. The minimum atomic E-state index is -0.00700. The number of likely N-dealkylation sites (tertiary alicyclic amines) is 1. The van der Waals surface area contributed by atoms with Gasteiger partial charge in [-0.05, 0) is 50.3 Å². The Bertz CT molecular complexity index is 697. The standard InChI is InChI=1S/C18H26N4O2/c1-13-6-7-15-16(11-13)21-17(20-15)12-19-18(23)22-9-4-3-5-14(22)8-10-24-2/h6-7,11,14H,3-5,8-10,12H2,1-2H3,(H,19,23)(H,20,21)/t14-/m0/s1. The SMILES string of the molecule is COCC[C@@H]1CCCCN1C(=O)NCc1nc2ccc(C)cc2[nH]1. The fourth-order valence-electron chi connectivity index (χ4n) is 3.34. The molecule has 6 heteroatoms. The lowest BCUT2D eigenvalue weighted by molar-refractivity contribution is 0.116. The summed E-state index contributed by atoms with van der Waals surface area (Å²) >= 11 is 0. The van der Waals surface area contributed by atoms with Crippen molar-refractivity contribution < 1.29 is 9.53 Å². The van der Waals surface area contributed by atoms with Crippen LogP contribution in [-0.4, -0.2) is 47.2 Å². The second-order valence-electron chi connectivity index (χ2n) is 6.49. The second-order valence-corrected chi connectivity index (χ2v) is 6.49. The summed E-state index contributed by atoms with van der Waals surface area (Å²) in [6, 6.07) is 6.38. The number of aryl methyl sites for hydroxylation is 1. The van der Waals surface area contributed by atoms with Gasteiger partial charge in [-0.3, -0.25) is 0 Å². The average molecular weight is 330 g/mol. The van der Waals surface area contributed by atoms with Gasteiger partial charge < -0.3 is 19.9 Å². The monoisotopic (exact) mass is 330 g/mol. The zero-order chi connectivity index (χ0) is 16.9. The summed E-state index contributed by atoms with van der Waals surface area (Å²) < 4.78 is 5.17. The number of benzene rings is 1. The van der Waals surface area contributed by atoms with Gasteiger partial charge in [-0.25, -0.2) is 9.78 Å². The van der Waals surface area contributed by atoms with Crippen molar-refractivity contribution in [1.82, 2.24) is 20.2 Å². The number of ether oxygens (including phenoxy) is 1. The molecular formula is C18H26N4O2. The maximum atomic E-state index is 12.5. The fraction of sp³-hybridized carbons (Fsp3) is 0.556. The Morgan fingerprint density at radius 1 is 1.46 bits per heavy atom. The number of amides is 2. The molecule has 0 unspecified atom stereocenters. The first-order chi connectivity index (χ1) is 11.7. The van der Waals surface area contributed by atoms with E-state index in [2.05, 4.69) is 28.3 Å². The third kappa shape index (κ3) is 3.87. The number of piperidine rings is 1. The highest BCUT2D eigenvalue weighted by molar-refractivity contribution is 5.76. The number of carbonyl (C=O) groups is 1. The smallest absolute Gasteiger partial charge is 0.318 e. The van der Waals surface area contributed by atoms with Crippen LogP contribution in [0, 0.1) is 6.92 Å². The van der Waals surface area contributed by atoms with Crippen LogP contribution < -0.4 is 5.32 Å². The van der Waals surface area contributed by atoms with E-state index in [1.165, 1.54) is 12.0 Å². The molecule has 2 aromatic rings. The van der Waals surface area contributed by atoms with E-state index in [0.717, 1.165) is 42.7 Å². The van der Waals surface area contributed by atoms with Crippen molar-refractivity contribution in [1.29, 1.82) is 0 Å². The van der Waals surface area contributed by atoms with Crippen molar-refractivity contribution in [2.24, 2.45) is 0 Å². The average Bonchev–Trinajstić information content (AvgIpc) is 3.00. The number of aromatic amines is 1. The largest absolute Gasteiger partial charge is 0.385 e. The Hall–Kier alpha value is -2.08. The number of aromatic nitrogens is 2. The first kappa shape index (κ1) is 16.8. The summed E-state index contributed by atoms with van der Waals surface area (Å²) in [7, 11) is 1.70. The van der Waals surface area contributed by atoms with Crippen LogP contribution >= 0.6 is 0 Å². The number of hydrogen-bond donors (Lipinski definition) is 2. The van der Waals surface area contributed by atoms with Crippen molar-refractivity contribution in [2.75, 3.05) is 20.3 Å². The molecule has 1 aliphatic rings. The number of rotatable bonds is 5. The van der Waals surface area contributed by atoms with Crippen molar-refractivity contribution in [2.45, 2.75) is 45.2 Å². The molecule has 1 atom stereocenters. The van der Waals surface area contributed by atoms with Gasteiger partial charge in [0.15, 0.2) is 0 Å². The quantitative estimate of drug-likeness (QED) is 0.885. The molecule has 2 N–H and O–H groups in total. The minimum Gasteiger partial charge on any atom is -0.385 e. The van der Waals surface area contributed by atoms with E-state index in [0.29, 0.717) is 13.2 Å². The van der Waals surface area contributed by atoms with Crippen molar-refractivity contribution in [3.05, 3.63) is 29.6 Å². The van der Waals surface area contributed by atoms with Gasteiger partial charge in [0, 0.05) is 26.3 Å². The molecule has 1 fully saturated rings. The Kier molecular flexibility index (Phi) is 5.35. The van der Waals surface area contributed by atoms with E-state index < -0.39 is 0 Å². The van der Waals surface area contributed by atoms with Crippen LogP contribution in [0.4, 0.5) is 4.79 Å². The first-order valence-electron chi connectivity index (χ1n) is 8.66. The molecule has 0 spiro atoms. The number of carbonyl (C=O) groups excluding carboxylic acids is 1.